The largest absolute Gasteiger partial charge is 0.494 e. The second-order valence-corrected chi connectivity index (χ2v) is 13.8. The Balaban J connectivity index is 1.45. The minimum atomic E-state index is -0.994. The standard InChI is InChI=1S/C38H40Cl2N4O4/c1-21-18-43(20-26-9-7-10-27(17-26)38(46)47)37(45)36-29(11-8-14-48-28-15-22(2)34(40)23(3)16-28)30-12-13-31(39)33(35(30)44(36)19-21)32-24(4)41-42(6)25(32)5/h7,9-10,12-13,15-17,21H,8,11,14,18-20H2,1-6H3,(H,46,47). The van der Waals surface area contributed by atoms with Gasteiger partial charge in [-0.05, 0) is 99.0 Å². The summed E-state index contributed by atoms with van der Waals surface area (Å²) in [4.78, 5) is 28.3. The Kier molecular flexibility index (Phi) is 9.33. The highest BCUT2D eigenvalue weighted by atomic mass is 35.5. The minimum absolute atomic E-state index is 0.0853. The lowest BCUT2D eigenvalue weighted by Gasteiger charge is -2.23. The lowest BCUT2D eigenvalue weighted by molar-refractivity contribution is 0.0696. The van der Waals surface area contributed by atoms with Gasteiger partial charge >= 0.3 is 5.97 Å². The molecule has 3 aromatic carbocycles. The number of aromatic nitrogens is 3. The van der Waals surface area contributed by atoms with Gasteiger partial charge in [0.25, 0.3) is 5.91 Å². The number of rotatable bonds is 9. The molecule has 8 nitrogen and oxygen atoms in total. The van der Waals surface area contributed by atoms with Gasteiger partial charge in [0.1, 0.15) is 11.4 Å². The number of benzene rings is 3. The van der Waals surface area contributed by atoms with E-state index in [1.807, 2.05) is 74.7 Å². The van der Waals surface area contributed by atoms with E-state index in [0.29, 0.717) is 49.8 Å². The Morgan fingerprint density at radius 3 is 2.42 bits per heavy atom. The first kappa shape index (κ1) is 33.6. The second-order valence-electron chi connectivity index (χ2n) is 13.0. The van der Waals surface area contributed by atoms with E-state index < -0.39 is 5.97 Å². The molecule has 6 rings (SSSR count). The molecule has 2 aromatic heterocycles. The number of hydrogen-bond acceptors (Lipinski definition) is 4. The van der Waals surface area contributed by atoms with Crippen LogP contribution in [0.25, 0.3) is 22.0 Å². The van der Waals surface area contributed by atoms with Crippen LogP contribution in [0.3, 0.4) is 0 Å². The number of aryl methyl sites for hydroxylation is 5. The van der Waals surface area contributed by atoms with Gasteiger partial charge < -0.3 is 19.3 Å². The zero-order valence-corrected chi connectivity index (χ0v) is 29.7. The number of carbonyl (C=O) groups excluding carboxylic acids is 1. The van der Waals surface area contributed by atoms with E-state index in [0.717, 1.165) is 66.4 Å². The Hall–Kier alpha value is -4.27. The highest BCUT2D eigenvalue weighted by Gasteiger charge is 2.33. The maximum atomic E-state index is 14.7. The third kappa shape index (κ3) is 6.19. The summed E-state index contributed by atoms with van der Waals surface area (Å²) in [5.74, 6) is -0.195. The molecule has 0 radical (unpaired) electrons. The first-order valence-electron chi connectivity index (χ1n) is 16.2. The summed E-state index contributed by atoms with van der Waals surface area (Å²) in [6.45, 7) is 12.0. The third-order valence-corrected chi connectivity index (χ3v) is 10.3. The SMILES string of the molecule is Cc1cc(OCCCc2c3n(c4c(-c5c(C)nn(C)c5C)c(Cl)ccc24)CC(C)CN(Cc2cccc(C(=O)O)c2)C3=O)cc(C)c1Cl. The van der Waals surface area contributed by atoms with Crippen LogP contribution in [0.15, 0.2) is 48.5 Å². The van der Waals surface area contributed by atoms with E-state index in [4.69, 9.17) is 33.0 Å². The Labute approximate surface area is 290 Å². The van der Waals surface area contributed by atoms with Crippen LogP contribution in [0.1, 0.15) is 67.8 Å². The molecule has 0 bridgehead atoms. The Morgan fingerprint density at radius 1 is 1.02 bits per heavy atom. The summed E-state index contributed by atoms with van der Waals surface area (Å²) >= 11 is 13.4. The van der Waals surface area contributed by atoms with E-state index >= 15 is 0 Å². The van der Waals surface area contributed by atoms with Crippen LogP contribution in [-0.4, -0.2) is 49.4 Å². The molecule has 0 aliphatic carbocycles. The summed E-state index contributed by atoms with van der Waals surface area (Å²) in [5.41, 5.74) is 9.17. The monoisotopic (exact) mass is 686 g/mol. The number of fused-ring (bicyclic) bond motifs is 3. The van der Waals surface area contributed by atoms with Crippen molar-refractivity contribution in [3.8, 4) is 16.9 Å². The number of halogens is 2. The lowest BCUT2D eigenvalue weighted by atomic mass is 9.98. The molecular formula is C38H40Cl2N4O4. The van der Waals surface area contributed by atoms with Crippen molar-refractivity contribution in [2.24, 2.45) is 13.0 Å². The van der Waals surface area contributed by atoms with E-state index in [2.05, 4.69) is 11.5 Å². The average molecular weight is 688 g/mol. The zero-order chi connectivity index (χ0) is 34.4. The van der Waals surface area contributed by atoms with Gasteiger partial charge in [0.15, 0.2) is 0 Å². The molecule has 1 unspecified atom stereocenters. The van der Waals surface area contributed by atoms with Crippen LogP contribution in [0.2, 0.25) is 10.0 Å². The van der Waals surface area contributed by atoms with Crippen molar-refractivity contribution in [1.29, 1.82) is 0 Å². The van der Waals surface area contributed by atoms with Crippen molar-refractivity contribution in [2.75, 3.05) is 13.2 Å². The molecular weight excluding hydrogens is 647 g/mol. The van der Waals surface area contributed by atoms with Crippen molar-refractivity contribution in [3.05, 3.63) is 103 Å². The minimum Gasteiger partial charge on any atom is -0.494 e. The number of nitrogens with zero attached hydrogens (tertiary/aromatic N) is 4. The summed E-state index contributed by atoms with van der Waals surface area (Å²) in [6.07, 6.45) is 1.29. The Morgan fingerprint density at radius 2 is 1.75 bits per heavy atom. The molecule has 250 valence electrons. The number of aromatic carboxylic acids is 1. The fourth-order valence-corrected chi connectivity index (χ4v) is 7.47. The summed E-state index contributed by atoms with van der Waals surface area (Å²) in [7, 11) is 1.93. The quantitative estimate of drug-likeness (QED) is 0.157. The first-order chi connectivity index (χ1) is 22.8. The van der Waals surface area contributed by atoms with Gasteiger partial charge in [-0.1, -0.05) is 48.3 Å². The van der Waals surface area contributed by atoms with Gasteiger partial charge in [0.2, 0.25) is 0 Å². The van der Waals surface area contributed by atoms with Gasteiger partial charge in [-0.2, -0.15) is 5.10 Å². The van der Waals surface area contributed by atoms with E-state index in [9.17, 15) is 14.7 Å². The van der Waals surface area contributed by atoms with Crippen molar-refractivity contribution in [2.45, 2.75) is 60.5 Å². The third-order valence-electron chi connectivity index (χ3n) is 9.35. The predicted octanol–water partition coefficient (Wildman–Crippen LogP) is 8.58. The highest BCUT2D eigenvalue weighted by molar-refractivity contribution is 6.35. The normalized spacial score (nSPS) is 14.8. The average Bonchev–Trinajstić information content (AvgIpc) is 3.43. The van der Waals surface area contributed by atoms with Crippen molar-refractivity contribution >= 4 is 46.0 Å². The topological polar surface area (TPSA) is 89.6 Å². The number of carbonyl (C=O) groups is 2. The zero-order valence-electron chi connectivity index (χ0n) is 28.2. The fraction of sp³-hybridized carbons (Fsp3) is 0.342. The van der Waals surface area contributed by atoms with Crippen LogP contribution in [-0.2, 0) is 26.6 Å². The lowest BCUT2D eigenvalue weighted by Crippen LogP contribution is -2.33. The van der Waals surface area contributed by atoms with Gasteiger partial charge in [-0.15, -0.1) is 0 Å². The summed E-state index contributed by atoms with van der Waals surface area (Å²) in [5, 5.41) is 16.6. The molecule has 3 heterocycles. The smallest absolute Gasteiger partial charge is 0.335 e. The maximum Gasteiger partial charge on any atom is 0.335 e. The van der Waals surface area contributed by atoms with Gasteiger partial charge in [0.05, 0.1) is 28.4 Å². The molecule has 10 heteroatoms. The van der Waals surface area contributed by atoms with Crippen LogP contribution >= 0.6 is 23.2 Å². The number of ether oxygens (including phenoxy) is 1. The van der Waals surface area contributed by atoms with Crippen LogP contribution in [0.5, 0.6) is 5.75 Å². The van der Waals surface area contributed by atoms with E-state index in [-0.39, 0.29) is 17.4 Å². The molecule has 0 saturated carbocycles. The molecule has 5 aromatic rings. The predicted molar refractivity (Wildman–Crippen MR) is 191 cm³/mol. The summed E-state index contributed by atoms with van der Waals surface area (Å²) in [6, 6.07) is 14.7. The molecule has 0 fully saturated rings. The molecule has 1 aliphatic heterocycles. The van der Waals surface area contributed by atoms with Crippen LogP contribution < -0.4 is 4.74 Å². The molecule has 1 N–H and O–H groups in total. The molecule has 0 saturated heterocycles. The van der Waals surface area contributed by atoms with Crippen LogP contribution in [0, 0.1) is 33.6 Å². The first-order valence-corrected chi connectivity index (χ1v) is 17.0. The molecule has 48 heavy (non-hydrogen) atoms. The molecule has 1 amide bonds. The fourth-order valence-electron chi connectivity index (χ4n) is 7.11. The van der Waals surface area contributed by atoms with Crippen LogP contribution in [0.4, 0.5) is 0 Å². The second kappa shape index (κ2) is 13.3. The maximum absolute atomic E-state index is 14.7. The number of carboxylic acid groups (broad SMARTS) is 1. The van der Waals surface area contributed by atoms with Gasteiger partial charge in [0, 0.05) is 53.9 Å². The molecule has 1 aliphatic rings. The number of hydrogen-bond donors (Lipinski definition) is 1. The summed E-state index contributed by atoms with van der Waals surface area (Å²) < 4.78 is 10.2. The highest BCUT2D eigenvalue weighted by Crippen LogP contribution is 2.43. The van der Waals surface area contributed by atoms with Gasteiger partial charge in [-0.25, -0.2) is 4.79 Å². The Bertz CT molecular complexity index is 2060. The van der Waals surface area contributed by atoms with Crippen molar-refractivity contribution in [1.82, 2.24) is 19.2 Å². The van der Waals surface area contributed by atoms with E-state index in [1.54, 1.807) is 18.2 Å². The van der Waals surface area contributed by atoms with Crippen molar-refractivity contribution in [3.63, 3.8) is 0 Å². The number of amides is 1. The van der Waals surface area contributed by atoms with E-state index in [1.165, 1.54) is 0 Å². The number of carboxylic acids is 1. The van der Waals surface area contributed by atoms with Gasteiger partial charge in [-0.3, -0.25) is 9.48 Å². The van der Waals surface area contributed by atoms with Crippen molar-refractivity contribution < 1.29 is 19.4 Å². The molecule has 1 atom stereocenters. The molecule has 0 spiro atoms.